The standard InChI is InChI=1S/C21H26N6O2/c1-14-19(24-25-27(14)16-8-10-22-11-9-16)21(28)26-12-4-5-15(13-26)20-23-17-6-2-3-7-18(17)29-20/h2-3,6-7,15-16,22H,4-5,8-13H2,1H3/t15-/m1/s1. The van der Waals surface area contributed by atoms with Gasteiger partial charge in [-0.2, -0.15) is 0 Å². The van der Waals surface area contributed by atoms with Crippen molar-refractivity contribution in [3.63, 3.8) is 0 Å². The van der Waals surface area contributed by atoms with Gasteiger partial charge in [0, 0.05) is 13.1 Å². The van der Waals surface area contributed by atoms with E-state index in [4.69, 9.17) is 4.42 Å². The number of benzene rings is 1. The molecule has 2 aliphatic rings. The van der Waals surface area contributed by atoms with Gasteiger partial charge < -0.3 is 14.6 Å². The molecular formula is C21H26N6O2. The normalized spacial score (nSPS) is 21.0. The first-order valence-corrected chi connectivity index (χ1v) is 10.5. The number of carbonyl (C=O) groups is 1. The average Bonchev–Trinajstić information content (AvgIpc) is 3.37. The molecule has 2 fully saturated rings. The smallest absolute Gasteiger partial charge is 0.276 e. The van der Waals surface area contributed by atoms with Crippen LogP contribution in [0.2, 0.25) is 0 Å². The van der Waals surface area contributed by atoms with Crippen molar-refractivity contribution in [2.75, 3.05) is 26.2 Å². The average molecular weight is 394 g/mol. The van der Waals surface area contributed by atoms with Crippen molar-refractivity contribution in [2.45, 2.75) is 44.6 Å². The second-order valence-corrected chi connectivity index (χ2v) is 8.06. The van der Waals surface area contributed by atoms with Crippen LogP contribution in [0.4, 0.5) is 0 Å². The van der Waals surface area contributed by atoms with Gasteiger partial charge in [-0.3, -0.25) is 4.79 Å². The highest BCUT2D eigenvalue weighted by atomic mass is 16.3. The molecule has 1 aromatic carbocycles. The zero-order valence-electron chi connectivity index (χ0n) is 16.7. The van der Waals surface area contributed by atoms with Crippen LogP contribution in [0.15, 0.2) is 28.7 Å². The van der Waals surface area contributed by atoms with Gasteiger partial charge in [-0.15, -0.1) is 5.10 Å². The molecule has 4 heterocycles. The summed E-state index contributed by atoms with van der Waals surface area (Å²) in [5, 5.41) is 11.9. The molecule has 0 spiro atoms. The van der Waals surface area contributed by atoms with Gasteiger partial charge in [0.05, 0.1) is 17.7 Å². The summed E-state index contributed by atoms with van der Waals surface area (Å²) in [7, 11) is 0. The molecule has 2 aromatic heterocycles. The lowest BCUT2D eigenvalue weighted by molar-refractivity contribution is 0.0692. The summed E-state index contributed by atoms with van der Waals surface area (Å²) < 4.78 is 7.90. The van der Waals surface area contributed by atoms with Gasteiger partial charge >= 0.3 is 0 Å². The van der Waals surface area contributed by atoms with Gasteiger partial charge in [-0.25, -0.2) is 9.67 Å². The summed E-state index contributed by atoms with van der Waals surface area (Å²) in [6.07, 6.45) is 3.93. The molecule has 0 saturated carbocycles. The Kier molecular flexibility index (Phi) is 4.79. The third-order valence-corrected chi connectivity index (χ3v) is 6.15. The SMILES string of the molecule is Cc1c(C(=O)N2CCC[C@@H](c3nc4ccccc4o3)C2)nnn1C1CCNCC1. The number of fused-ring (bicyclic) bond motifs is 1. The largest absolute Gasteiger partial charge is 0.440 e. The Labute approximate surface area is 169 Å². The second kappa shape index (κ2) is 7.59. The fourth-order valence-corrected chi connectivity index (χ4v) is 4.51. The minimum absolute atomic E-state index is 0.0384. The van der Waals surface area contributed by atoms with Crippen LogP contribution in [0, 0.1) is 6.92 Å². The number of para-hydroxylation sites is 2. The zero-order valence-corrected chi connectivity index (χ0v) is 16.7. The van der Waals surface area contributed by atoms with Crippen molar-refractivity contribution in [1.29, 1.82) is 0 Å². The van der Waals surface area contributed by atoms with Crippen LogP contribution in [0.25, 0.3) is 11.1 Å². The maximum Gasteiger partial charge on any atom is 0.276 e. The molecule has 0 unspecified atom stereocenters. The van der Waals surface area contributed by atoms with Crippen LogP contribution in [-0.4, -0.2) is 57.0 Å². The quantitative estimate of drug-likeness (QED) is 0.735. The molecule has 1 N–H and O–H groups in total. The minimum atomic E-state index is -0.0384. The van der Waals surface area contributed by atoms with E-state index in [1.165, 1.54) is 0 Å². The molecule has 8 nitrogen and oxygen atoms in total. The predicted molar refractivity (Wildman–Crippen MR) is 108 cm³/mol. The number of amides is 1. The second-order valence-electron chi connectivity index (χ2n) is 8.06. The van der Waals surface area contributed by atoms with E-state index in [-0.39, 0.29) is 11.8 Å². The van der Waals surface area contributed by atoms with Crippen LogP contribution in [0.3, 0.4) is 0 Å². The van der Waals surface area contributed by atoms with E-state index < -0.39 is 0 Å². The maximum absolute atomic E-state index is 13.2. The molecule has 0 aliphatic carbocycles. The van der Waals surface area contributed by atoms with Gasteiger partial charge in [-0.1, -0.05) is 17.3 Å². The summed E-state index contributed by atoms with van der Waals surface area (Å²) in [5.41, 5.74) is 3.01. The summed E-state index contributed by atoms with van der Waals surface area (Å²) in [5.74, 6) is 0.794. The Morgan fingerprint density at radius 1 is 1.21 bits per heavy atom. The highest BCUT2D eigenvalue weighted by Crippen LogP contribution is 2.30. The fraction of sp³-hybridized carbons (Fsp3) is 0.524. The van der Waals surface area contributed by atoms with Crippen molar-refractivity contribution in [2.24, 2.45) is 0 Å². The lowest BCUT2D eigenvalue weighted by Gasteiger charge is -2.31. The first-order valence-electron chi connectivity index (χ1n) is 10.5. The molecule has 2 aliphatic heterocycles. The van der Waals surface area contributed by atoms with Gasteiger partial charge in [0.25, 0.3) is 5.91 Å². The Morgan fingerprint density at radius 2 is 2.03 bits per heavy atom. The Hall–Kier alpha value is -2.74. The molecule has 152 valence electrons. The molecule has 0 radical (unpaired) electrons. The Morgan fingerprint density at radius 3 is 2.86 bits per heavy atom. The van der Waals surface area contributed by atoms with Crippen LogP contribution in [-0.2, 0) is 0 Å². The number of oxazole rings is 1. The third-order valence-electron chi connectivity index (χ3n) is 6.15. The van der Waals surface area contributed by atoms with Gasteiger partial charge in [0.2, 0.25) is 0 Å². The van der Waals surface area contributed by atoms with Crippen molar-refractivity contribution >= 4 is 17.0 Å². The van der Waals surface area contributed by atoms with Crippen LogP contribution in [0.5, 0.6) is 0 Å². The van der Waals surface area contributed by atoms with E-state index in [1.807, 2.05) is 40.8 Å². The lowest BCUT2D eigenvalue weighted by atomic mass is 9.97. The number of hydrogen-bond acceptors (Lipinski definition) is 6. The summed E-state index contributed by atoms with van der Waals surface area (Å²) in [6.45, 7) is 5.25. The number of likely N-dealkylation sites (tertiary alicyclic amines) is 1. The van der Waals surface area contributed by atoms with Crippen LogP contribution < -0.4 is 5.32 Å². The number of rotatable bonds is 3. The van der Waals surface area contributed by atoms with Crippen molar-refractivity contribution in [1.82, 2.24) is 30.2 Å². The minimum Gasteiger partial charge on any atom is -0.440 e. The summed E-state index contributed by atoms with van der Waals surface area (Å²) in [6, 6.07) is 8.11. The van der Waals surface area contributed by atoms with Crippen molar-refractivity contribution < 1.29 is 9.21 Å². The molecule has 1 amide bonds. The first-order chi connectivity index (χ1) is 14.2. The van der Waals surface area contributed by atoms with Gasteiger partial charge in [0.15, 0.2) is 17.2 Å². The summed E-state index contributed by atoms with van der Waals surface area (Å²) in [4.78, 5) is 19.7. The molecule has 8 heteroatoms. The van der Waals surface area contributed by atoms with Crippen molar-refractivity contribution in [3.05, 3.63) is 41.5 Å². The number of nitrogens with zero attached hydrogens (tertiary/aromatic N) is 5. The number of hydrogen-bond donors (Lipinski definition) is 1. The molecule has 3 aromatic rings. The van der Waals surface area contributed by atoms with E-state index >= 15 is 0 Å². The topological polar surface area (TPSA) is 89.1 Å². The summed E-state index contributed by atoms with van der Waals surface area (Å²) >= 11 is 0. The van der Waals surface area contributed by atoms with Gasteiger partial charge in [0.1, 0.15) is 5.52 Å². The number of carbonyl (C=O) groups excluding carboxylic acids is 1. The molecular weight excluding hydrogens is 368 g/mol. The van der Waals surface area contributed by atoms with E-state index in [0.29, 0.717) is 18.3 Å². The van der Waals surface area contributed by atoms with E-state index in [2.05, 4.69) is 20.6 Å². The Bertz CT molecular complexity index is 986. The highest BCUT2D eigenvalue weighted by molar-refractivity contribution is 5.93. The molecule has 1 atom stereocenters. The maximum atomic E-state index is 13.2. The van der Waals surface area contributed by atoms with E-state index in [0.717, 1.165) is 68.0 Å². The number of piperidine rings is 2. The van der Waals surface area contributed by atoms with E-state index in [1.54, 1.807) is 0 Å². The molecule has 0 bridgehead atoms. The molecule has 2 saturated heterocycles. The lowest BCUT2D eigenvalue weighted by Crippen LogP contribution is -2.39. The first kappa shape index (κ1) is 18.3. The van der Waals surface area contributed by atoms with E-state index in [9.17, 15) is 4.79 Å². The third kappa shape index (κ3) is 3.42. The number of aromatic nitrogens is 4. The molecule has 29 heavy (non-hydrogen) atoms. The molecule has 5 rings (SSSR count). The predicted octanol–water partition coefficient (Wildman–Crippen LogP) is 2.67. The van der Waals surface area contributed by atoms with Gasteiger partial charge in [-0.05, 0) is 57.8 Å². The van der Waals surface area contributed by atoms with Crippen LogP contribution in [0.1, 0.15) is 59.7 Å². The van der Waals surface area contributed by atoms with Crippen LogP contribution >= 0.6 is 0 Å². The zero-order chi connectivity index (χ0) is 19.8. The highest BCUT2D eigenvalue weighted by Gasteiger charge is 2.31. The Balaban J connectivity index is 1.34. The fourth-order valence-electron chi connectivity index (χ4n) is 4.51. The van der Waals surface area contributed by atoms with Crippen molar-refractivity contribution in [3.8, 4) is 0 Å². The number of nitrogens with one attached hydrogen (secondary N) is 1. The monoisotopic (exact) mass is 394 g/mol.